The number of nitrogens with zero attached hydrogens (tertiary/aromatic N) is 2. The van der Waals surface area contributed by atoms with Gasteiger partial charge in [-0.15, -0.1) is 0 Å². The Morgan fingerprint density at radius 3 is 2.78 bits per heavy atom. The molecule has 0 spiro atoms. The molecule has 1 heterocycles. The summed E-state index contributed by atoms with van der Waals surface area (Å²) in [5.74, 6) is -0.122. The maximum Gasteiger partial charge on any atom is 0.262 e. The highest BCUT2D eigenvalue weighted by atomic mass is 35.5. The quantitative estimate of drug-likeness (QED) is 0.240. The summed E-state index contributed by atoms with van der Waals surface area (Å²) in [4.78, 5) is 30.3. The molecule has 3 aromatic rings. The van der Waals surface area contributed by atoms with Crippen molar-refractivity contribution in [2.75, 3.05) is 17.7 Å². The fourth-order valence-corrected chi connectivity index (χ4v) is 4.25. The van der Waals surface area contributed by atoms with Crippen LogP contribution >= 0.6 is 35.0 Å². The van der Waals surface area contributed by atoms with Crippen LogP contribution in [-0.4, -0.2) is 33.9 Å². The van der Waals surface area contributed by atoms with Crippen molar-refractivity contribution in [2.24, 2.45) is 0 Å². The van der Waals surface area contributed by atoms with Gasteiger partial charge in [-0.25, -0.2) is 4.98 Å². The number of hydrogen-bond donors (Lipinski definition) is 1. The Hall–Kier alpha value is -2.06. The lowest BCUT2D eigenvalue weighted by molar-refractivity contribution is -0.113. The fraction of sp³-hybridized carbons (Fsp3) is 0.348. The van der Waals surface area contributed by atoms with E-state index in [1.165, 1.54) is 11.8 Å². The average Bonchev–Trinajstić information content (AvgIpc) is 2.74. The van der Waals surface area contributed by atoms with Crippen molar-refractivity contribution in [1.82, 2.24) is 9.55 Å². The van der Waals surface area contributed by atoms with Gasteiger partial charge in [0.05, 0.1) is 22.8 Å². The molecule has 0 saturated carbocycles. The number of carbonyl (C=O) groups is 1. The molecule has 0 unspecified atom stereocenters. The third-order valence-corrected chi connectivity index (χ3v) is 6.35. The lowest BCUT2D eigenvalue weighted by Crippen LogP contribution is -2.25. The minimum atomic E-state index is -0.213. The molecule has 0 radical (unpaired) electrons. The SMILES string of the molecule is Cc1c(Cl)cccc1NC(=O)CSc1nc2cc(Cl)ccc2c(=O)n1CCCOC(C)C. The number of hydrogen-bond acceptors (Lipinski definition) is 5. The zero-order valence-electron chi connectivity index (χ0n) is 18.2. The Kier molecular flexibility index (Phi) is 8.59. The first kappa shape index (κ1) is 24.6. The van der Waals surface area contributed by atoms with E-state index < -0.39 is 0 Å². The van der Waals surface area contributed by atoms with Crippen LogP contribution in [-0.2, 0) is 16.1 Å². The fourth-order valence-electron chi connectivity index (χ4n) is 3.08. The molecule has 3 rings (SSSR count). The number of thioether (sulfide) groups is 1. The zero-order valence-corrected chi connectivity index (χ0v) is 20.5. The summed E-state index contributed by atoms with van der Waals surface area (Å²) in [5.41, 5.74) is 1.80. The van der Waals surface area contributed by atoms with E-state index in [1.54, 1.807) is 41.0 Å². The van der Waals surface area contributed by atoms with Gasteiger partial charge >= 0.3 is 0 Å². The van der Waals surface area contributed by atoms with Crippen LogP contribution in [0.5, 0.6) is 0 Å². The molecule has 9 heteroatoms. The Labute approximate surface area is 201 Å². The van der Waals surface area contributed by atoms with Crippen molar-refractivity contribution < 1.29 is 9.53 Å². The number of ether oxygens (including phenoxy) is 1. The molecular formula is C23H25Cl2N3O3S. The molecule has 1 N–H and O–H groups in total. The van der Waals surface area contributed by atoms with E-state index >= 15 is 0 Å². The molecule has 0 aliphatic heterocycles. The van der Waals surface area contributed by atoms with Gasteiger partial charge in [-0.2, -0.15) is 0 Å². The van der Waals surface area contributed by atoms with Gasteiger partial charge in [0, 0.05) is 28.9 Å². The minimum absolute atomic E-state index is 0.0902. The van der Waals surface area contributed by atoms with Crippen LogP contribution in [0.3, 0.4) is 0 Å². The van der Waals surface area contributed by atoms with Gasteiger partial charge in [0.25, 0.3) is 5.56 Å². The lowest BCUT2D eigenvalue weighted by Gasteiger charge is -2.14. The van der Waals surface area contributed by atoms with E-state index in [9.17, 15) is 9.59 Å². The highest BCUT2D eigenvalue weighted by Gasteiger charge is 2.15. The van der Waals surface area contributed by atoms with Crippen LogP contribution in [0.4, 0.5) is 5.69 Å². The smallest absolute Gasteiger partial charge is 0.262 e. The molecule has 0 aliphatic rings. The van der Waals surface area contributed by atoms with E-state index in [0.29, 0.717) is 51.4 Å². The third-order valence-electron chi connectivity index (χ3n) is 4.73. The highest BCUT2D eigenvalue weighted by molar-refractivity contribution is 7.99. The van der Waals surface area contributed by atoms with Crippen LogP contribution in [0.2, 0.25) is 10.0 Å². The van der Waals surface area contributed by atoms with Crippen LogP contribution < -0.4 is 10.9 Å². The monoisotopic (exact) mass is 493 g/mol. The van der Waals surface area contributed by atoms with Crippen LogP contribution in [0, 0.1) is 6.92 Å². The molecule has 0 fully saturated rings. The number of benzene rings is 2. The average molecular weight is 494 g/mol. The first-order valence-corrected chi connectivity index (χ1v) is 12.0. The predicted molar refractivity (Wildman–Crippen MR) is 132 cm³/mol. The van der Waals surface area contributed by atoms with Crippen molar-refractivity contribution >= 4 is 57.5 Å². The normalized spacial score (nSPS) is 11.3. The largest absolute Gasteiger partial charge is 0.379 e. The topological polar surface area (TPSA) is 73.2 Å². The summed E-state index contributed by atoms with van der Waals surface area (Å²) in [6.07, 6.45) is 0.774. The molecule has 0 bridgehead atoms. The van der Waals surface area contributed by atoms with Crippen molar-refractivity contribution in [1.29, 1.82) is 0 Å². The third kappa shape index (κ3) is 6.25. The summed E-state index contributed by atoms with van der Waals surface area (Å²) in [5, 5.41) is 4.90. The molecule has 170 valence electrons. The Morgan fingerprint density at radius 1 is 1.25 bits per heavy atom. The zero-order chi connectivity index (χ0) is 23.3. The van der Waals surface area contributed by atoms with Crippen LogP contribution in [0.15, 0.2) is 46.3 Å². The number of halogens is 2. The molecule has 0 aliphatic carbocycles. The summed E-state index contributed by atoms with van der Waals surface area (Å²) in [7, 11) is 0. The summed E-state index contributed by atoms with van der Waals surface area (Å²) in [6, 6.07) is 10.4. The van der Waals surface area contributed by atoms with E-state index in [2.05, 4.69) is 10.3 Å². The van der Waals surface area contributed by atoms with Gasteiger partial charge in [0.2, 0.25) is 5.91 Å². The maximum atomic E-state index is 13.1. The highest BCUT2D eigenvalue weighted by Crippen LogP contribution is 2.24. The van der Waals surface area contributed by atoms with Crippen molar-refractivity contribution in [3.63, 3.8) is 0 Å². The van der Waals surface area contributed by atoms with Gasteiger partial charge < -0.3 is 10.1 Å². The second-order valence-corrected chi connectivity index (χ2v) is 9.32. The van der Waals surface area contributed by atoms with E-state index in [0.717, 1.165) is 5.56 Å². The number of nitrogens with one attached hydrogen (secondary N) is 1. The van der Waals surface area contributed by atoms with Gasteiger partial charge in [0.1, 0.15) is 0 Å². The van der Waals surface area contributed by atoms with E-state index in [-0.39, 0.29) is 23.3 Å². The van der Waals surface area contributed by atoms with Crippen molar-refractivity contribution in [2.45, 2.75) is 45.0 Å². The maximum absolute atomic E-state index is 13.1. The molecule has 2 aromatic carbocycles. The van der Waals surface area contributed by atoms with Crippen molar-refractivity contribution in [3.05, 3.63) is 62.4 Å². The molecule has 0 atom stereocenters. The first-order chi connectivity index (χ1) is 15.3. The summed E-state index contributed by atoms with van der Waals surface area (Å²) < 4.78 is 7.20. The Morgan fingerprint density at radius 2 is 2.03 bits per heavy atom. The number of amides is 1. The molecule has 6 nitrogen and oxygen atoms in total. The van der Waals surface area contributed by atoms with Gasteiger partial charge in [-0.1, -0.05) is 41.0 Å². The number of rotatable bonds is 9. The summed E-state index contributed by atoms with van der Waals surface area (Å²) in [6.45, 7) is 6.75. The second-order valence-electron chi connectivity index (χ2n) is 7.53. The van der Waals surface area contributed by atoms with E-state index in [4.69, 9.17) is 27.9 Å². The van der Waals surface area contributed by atoms with Gasteiger partial charge in [-0.3, -0.25) is 14.2 Å². The Balaban J connectivity index is 1.81. The van der Waals surface area contributed by atoms with Crippen LogP contribution in [0.1, 0.15) is 25.8 Å². The molecule has 32 heavy (non-hydrogen) atoms. The number of carbonyl (C=O) groups excluding carboxylic acids is 1. The number of anilines is 1. The molecular weight excluding hydrogens is 469 g/mol. The van der Waals surface area contributed by atoms with Gasteiger partial charge in [0.15, 0.2) is 5.16 Å². The lowest BCUT2D eigenvalue weighted by atomic mass is 10.2. The molecule has 0 saturated heterocycles. The van der Waals surface area contributed by atoms with Crippen molar-refractivity contribution in [3.8, 4) is 0 Å². The minimum Gasteiger partial charge on any atom is -0.379 e. The first-order valence-electron chi connectivity index (χ1n) is 10.3. The Bertz CT molecular complexity index is 1180. The standard InChI is InChI=1S/C23H25Cl2N3O3S/c1-14(2)31-11-5-10-28-22(30)17-9-8-16(24)12-20(17)27-23(28)32-13-21(29)26-19-7-4-6-18(25)15(19)3/h4,6-9,12,14H,5,10-11,13H2,1-3H3,(H,26,29). The molecule has 1 amide bonds. The predicted octanol–water partition coefficient (Wildman–Crippen LogP) is 5.56. The number of aromatic nitrogens is 2. The number of fused-ring (bicyclic) bond motifs is 1. The van der Waals surface area contributed by atoms with E-state index in [1.807, 2.05) is 20.8 Å². The van der Waals surface area contributed by atoms with Gasteiger partial charge in [-0.05, 0) is 63.1 Å². The summed E-state index contributed by atoms with van der Waals surface area (Å²) >= 11 is 13.4. The second kappa shape index (κ2) is 11.2. The van der Waals surface area contributed by atoms with Crippen LogP contribution in [0.25, 0.3) is 10.9 Å². The molecule has 1 aromatic heterocycles.